The van der Waals surface area contributed by atoms with Crippen molar-refractivity contribution in [2.45, 2.75) is 45.4 Å². The lowest BCUT2D eigenvalue weighted by Gasteiger charge is -2.10. The summed E-state index contributed by atoms with van der Waals surface area (Å²) in [7, 11) is 0. The molecule has 0 nitrogen and oxygen atoms in total. The zero-order valence-electron chi connectivity index (χ0n) is 15.9. The van der Waals surface area contributed by atoms with Gasteiger partial charge in [0.15, 0.2) is 11.6 Å². The second kappa shape index (κ2) is 8.94. The first-order valence-corrected chi connectivity index (χ1v) is 9.75. The van der Waals surface area contributed by atoms with Gasteiger partial charge in [-0.3, -0.25) is 0 Å². The van der Waals surface area contributed by atoms with Crippen molar-refractivity contribution in [3.05, 3.63) is 83.9 Å². The second-order valence-corrected chi connectivity index (χ2v) is 7.08. The first-order valence-electron chi connectivity index (χ1n) is 9.75. The molecule has 0 atom stereocenters. The van der Waals surface area contributed by atoms with Crippen molar-refractivity contribution in [1.82, 2.24) is 0 Å². The van der Waals surface area contributed by atoms with Crippen LogP contribution in [0.1, 0.15) is 43.7 Å². The summed E-state index contributed by atoms with van der Waals surface area (Å²) in [4.78, 5) is 0. The maximum atomic E-state index is 14.6. The number of rotatable bonds is 8. The lowest BCUT2D eigenvalue weighted by Crippen LogP contribution is -1.96. The van der Waals surface area contributed by atoms with Gasteiger partial charge in [0.05, 0.1) is 0 Å². The number of fused-ring (bicyclic) bond motifs is 1. The van der Waals surface area contributed by atoms with Crippen LogP contribution in [-0.2, 0) is 12.8 Å². The van der Waals surface area contributed by atoms with E-state index in [2.05, 4.69) is 37.8 Å². The molecule has 0 saturated heterocycles. The fraction of sp³-hybridized carbons (Fsp3) is 0.280. The van der Waals surface area contributed by atoms with E-state index in [1.54, 1.807) is 18.2 Å². The molecule has 2 heteroatoms. The largest absolute Gasteiger partial charge is 0.203 e. The van der Waals surface area contributed by atoms with Gasteiger partial charge in [-0.05, 0) is 65.5 Å². The number of aryl methyl sites for hydroxylation is 2. The van der Waals surface area contributed by atoms with Crippen LogP contribution in [0.25, 0.3) is 21.9 Å². The quantitative estimate of drug-likeness (QED) is 0.285. The highest BCUT2D eigenvalue weighted by atomic mass is 19.2. The Balaban J connectivity index is 1.90. The Bertz CT molecular complexity index is 923. The fourth-order valence-electron chi connectivity index (χ4n) is 3.44. The van der Waals surface area contributed by atoms with E-state index in [0.717, 1.165) is 22.9 Å². The number of allylic oxidation sites excluding steroid dienone is 1. The SMILES string of the molecule is C=CCCc1cc2ccc(-c3ccc(CCCCC)cc3)cc2c(F)c1F. The maximum Gasteiger partial charge on any atom is 0.166 e. The summed E-state index contributed by atoms with van der Waals surface area (Å²) in [6, 6.07) is 15.7. The van der Waals surface area contributed by atoms with Gasteiger partial charge < -0.3 is 0 Å². The topological polar surface area (TPSA) is 0 Å². The van der Waals surface area contributed by atoms with Crippen LogP contribution in [0.3, 0.4) is 0 Å². The van der Waals surface area contributed by atoms with Crippen LogP contribution in [0.15, 0.2) is 61.2 Å². The highest BCUT2D eigenvalue weighted by Gasteiger charge is 2.14. The zero-order valence-corrected chi connectivity index (χ0v) is 15.9. The van der Waals surface area contributed by atoms with Crippen molar-refractivity contribution in [1.29, 1.82) is 0 Å². The molecule has 0 bridgehead atoms. The molecular weight excluding hydrogens is 338 g/mol. The van der Waals surface area contributed by atoms with E-state index >= 15 is 0 Å². The molecule has 0 amide bonds. The predicted octanol–water partition coefficient (Wildman–Crippen LogP) is 7.64. The molecule has 3 aromatic rings. The molecule has 0 N–H and O–H groups in total. The Morgan fingerprint density at radius 1 is 0.852 bits per heavy atom. The molecule has 0 radical (unpaired) electrons. The Morgan fingerprint density at radius 3 is 2.30 bits per heavy atom. The van der Waals surface area contributed by atoms with E-state index in [4.69, 9.17) is 0 Å². The summed E-state index contributed by atoms with van der Waals surface area (Å²) < 4.78 is 29.0. The average molecular weight is 364 g/mol. The normalized spacial score (nSPS) is 11.1. The summed E-state index contributed by atoms with van der Waals surface area (Å²) in [6.45, 7) is 5.85. The van der Waals surface area contributed by atoms with Crippen LogP contribution >= 0.6 is 0 Å². The highest BCUT2D eigenvalue weighted by molar-refractivity contribution is 5.88. The number of unbranched alkanes of at least 4 members (excludes halogenated alkanes) is 2. The molecule has 140 valence electrons. The van der Waals surface area contributed by atoms with Crippen molar-refractivity contribution in [2.75, 3.05) is 0 Å². The summed E-state index contributed by atoms with van der Waals surface area (Å²) in [5, 5.41) is 1.06. The van der Waals surface area contributed by atoms with Gasteiger partial charge in [0.25, 0.3) is 0 Å². The molecule has 0 aliphatic carbocycles. The van der Waals surface area contributed by atoms with E-state index < -0.39 is 11.6 Å². The van der Waals surface area contributed by atoms with E-state index in [0.29, 0.717) is 23.8 Å². The minimum Gasteiger partial charge on any atom is -0.203 e. The smallest absolute Gasteiger partial charge is 0.166 e. The number of hydrogen-bond donors (Lipinski definition) is 0. The van der Waals surface area contributed by atoms with E-state index in [-0.39, 0.29) is 0 Å². The minimum absolute atomic E-state index is 0.333. The van der Waals surface area contributed by atoms with Crippen molar-refractivity contribution in [2.24, 2.45) is 0 Å². The monoisotopic (exact) mass is 364 g/mol. The van der Waals surface area contributed by atoms with Gasteiger partial charge in [0.2, 0.25) is 0 Å². The van der Waals surface area contributed by atoms with E-state index in [1.807, 2.05) is 12.1 Å². The van der Waals surface area contributed by atoms with Crippen LogP contribution < -0.4 is 0 Å². The van der Waals surface area contributed by atoms with E-state index in [9.17, 15) is 8.78 Å². The van der Waals surface area contributed by atoms with Crippen molar-refractivity contribution in [3.8, 4) is 11.1 Å². The summed E-state index contributed by atoms with van der Waals surface area (Å²) >= 11 is 0. The third kappa shape index (κ3) is 4.44. The molecule has 0 aliphatic rings. The van der Waals surface area contributed by atoms with Crippen LogP contribution in [0.4, 0.5) is 8.78 Å². The van der Waals surface area contributed by atoms with Crippen LogP contribution in [0.2, 0.25) is 0 Å². The van der Waals surface area contributed by atoms with Crippen molar-refractivity contribution >= 4 is 10.8 Å². The van der Waals surface area contributed by atoms with Crippen LogP contribution in [0.5, 0.6) is 0 Å². The lowest BCUT2D eigenvalue weighted by molar-refractivity contribution is 0.507. The molecule has 27 heavy (non-hydrogen) atoms. The number of benzene rings is 3. The first-order chi connectivity index (χ1) is 13.1. The molecule has 0 unspecified atom stereocenters. The average Bonchev–Trinajstić information content (AvgIpc) is 2.70. The predicted molar refractivity (Wildman–Crippen MR) is 111 cm³/mol. The molecule has 3 rings (SSSR count). The maximum absolute atomic E-state index is 14.6. The molecule has 3 aromatic carbocycles. The molecule has 0 heterocycles. The van der Waals surface area contributed by atoms with Crippen LogP contribution in [-0.4, -0.2) is 0 Å². The summed E-state index contributed by atoms with van der Waals surface area (Å²) in [5.41, 5.74) is 3.65. The molecule has 0 fully saturated rings. The van der Waals surface area contributed by atoms with Gasteiger partial charge in [0.1, 0.15) is 0 Å². The zero-order chi connectivity index (χ0) is 19.2. The highest BCUT2D eigenvalue weighted by Crippen LogP contribution is 2.30. The molecule has 0 saturated carbocycles. The molecule has 0 aromatic heterocycles. The van der Waals surface area contributed by atoms with Crippen molar-refractivity contribution < 1.29 is 8.78 Å². The van der Waals surface area contributed by atoms with Gasteiger partial charge in [0, 0.05) is 5.39 Å². The third-order valence-corrected chi connectivity index (χ3v) is 5.07. The van der Waals surface area contributed by atoms with Crippen molar-refractivity contribution in [3.63, 3.8) is 0 Å². The van der Waals surface area contributed by atoms with E-state index in [1.165, 1.54) is 24.8 Å². The van der Waals surface area contributed by atoms with Gasteiger partial charge in [-0.1, -0.05) is 62.2 Å². The van der Waals surface area contributed by atoms with Crippen LogP contribution in [0, 0.1) is 11.6 Å². The summed E-state index contributed by atoms with van der Waals surface area (Å²) in [6.07, 6.45) is 7.55. The second-order valence-electron chi connectivity index (χ2n) is 7.08. The number of halogens is 2. The Kier molecular flexibility index (Phi) is 6.39. The fourth-order valence-corrected chi connectivity index (χ4v) is 3.44. The van der Waals surface area contributed by atoms with Gasteiger partial charge in [-0.2, -0.15) is 0 Å². The Labute approximate surface area is 160 Å². The van der Waals surface area contributed by atoms with Gasteiger partial charge in [-0.15, -0.1) is 6.58 Å². The van der Waals surface area contributed by atoms with Gasteiger partial charge >= 0.3 is 0 Å². The molecule has 0 spiro atoms. The third-order valence-electron chi connectivity index (χ3n) is 5.07. The molecular formula is C25H26F2. The number of hydrogen-bond acceptors (Lipinski definition) is 0. The Hall–Kier alpha value is -2.48. The van der Waals surface area contributed by atoms with Gasteiger partial charge in [-0.25, -0.2) is 8.78 Å². The minimum atomic E-state index is -0.760. The molecule has 0 aliphatic heterocycles. The standard InChI is InChI=1S/C25H26F2/c1-3-5-7-8-18-10-12-19(13-11-18)20-14-15-21-16-22(9-6-4-2)24(26)25(27)23(21)17-20/h4,10-17H,2-3,5-9H2,1H3. The lowest BCUT2D eigenvalue weighted by atomic mass is 9.97. The summed E-state index contributed by atoms with van der Waals surface area (Å²) in [5.74, 6) is -1.50. The first kappa shape index (κ1) is 19.3. The Morgan fingerprint density at radius 2 is 1.59 bits per heavy atom.